The molecule has 0 spiro atoms. The second-order valence-corrected chi connectivity index (χ2v) is 6.37. The number of hydrogen-bond acceptors (Lipinski definition) is 3. The first-order chi connectivity index (χ1) is 13.5. The molecule has 1 aliphatic heterocycles. The van der Waals surface area contributed by atoms with Crippen molar-refractivity contribution < 1.29 is 23.1 Å². The smallest absolute Gasteiger partial charge is 0.325 e. The van der Waals surface area contributed by atoms with Crippen molar-refractivity contribution in [2.45, 2.75) is 6.42 Å². The quantitative estimate of drug-likeness (QED) is 0.792. The molecular weight excluding hydrogens is 368 g/mol. The van der Waals surface area contributed by atoms with E-state index in [0.717, 1.165) is 23.4 Å². The van der Waals surface area contributed by atoms with Crippen molar-refractivity contribution in [2.75, 3.05) is 38.2 Å². The number of anilines is 1. The van der Waals surface area contributed by atoms with Gasteiger partial charge in [-0.1, -0.05) is 18.2 Å². The molecule has 0 aromatic heterocycles. The predicted octanol–water partition coefficient (Wildman–Crippen LogP) is 2.57. The van der Waals surface area contributed by atoms with E-state index < -0.39 is 17.7 Å². The molecule has 0 aliphatic carbocycles. The summed E-state index contributed by atoms with van der Waals surface area (Å²) in [5.41, 5.74) is 1.25. The summed E-state index contributed by atoms with van der Waals surface area (Å²) in [6, 6.07) is 10.4. The Morgan fingerprint density at radius 2 is 1.93 bits per heavy atom. The molecule has 0 saturated carbocycles. The number of carbonyl (C=O) groups is 2. The maximum absolute atomic E-state index is 13.4. The molecule has 0 radical (unpaired) electrons. The number of nitrogens with one attached hydrogen (secondary N) is 1. The van der Waals surface area contributed by atoms with Gasteiger partial charge >= 0.3 is 6.03 Å². The van der Waals surface area contributed by atoms with E-state index in [4.69, 9.17) is 4.74 Å². The predicted molar refractivity (Wildman–Crippen MR) is 100 cm³/mol. The van der Waals surface area contributed by atoms with E-state index in [1.165, 1.54) is 15.9 Å². The van der Waals surface area contributed by atoms with Gasteiger partial charge in [-0.25, -0.2) is 13.6 Å². The fourth-order valence-corrected chi connectivity index (χ4v) is 3.10. The molecule has 6 nitrogen and oxygen atoms in total. The van der Waals surface area contributed by atoms with Gasteiger partial charge in [0.25, 0.3) is 0 Å². The summed E-state index contributed by atoms with van der Waals surface area (Å²) < 4.78 is 31.7. The van der Waals surface area contributed by atoms with Crippen molar-refractivity contribution in [3.05, 3.63) is 59.7 Å². The highest BCUT2D eigenvalue weighted by Gasteiger charge is 2.31. The summed E-state index contributed by atoms with van der Waals surface area (Å²) in [5.74, 6) is -1.51. The second-order valence-electron chi connectivity index (χ2n) is 6.37. The third kappa shape index (κ3) is 4.39. The molecule has 28 heavy (non-hydrogen) atoms. The molecule has 0 unspecified atom stereocenters. The monoisotopic (exact) mass is 389 g/mol. The number of benzene rings is 2. The van der Waals surface area contributed by atoms with Crippen molar-refractivity contribution in [1.29, 1.82) is 0 Å². The molecule has 0 bridgehead atoms. The van der Waals surface area contributed by atoms with E-state index >= 15 is 0 Å². The number of halogens is 2. The molecule has 2 aromatic rings. The number of rotatable bonds is 7. The van der Waals surface area contributed by atoms with Crippen LogP contribution in [-0.2, 0) is 11.2 Å². The van der Waals surface area contributed by atoms with E-state index in [9.17, 15) is 18.4 Å². The van der Waals surface area contributed by atoms with Gasteiger partial charge in [-0.2, -0.15) is 0 Å². The van der Waals surface area contributed by atoms with E-state index in [-0.39, 0.29) is 18.1 Å². The SMILES string of the molecule is COc1ccccc1CCNC(=O)CN1CCN(c2ccc(F)c(F)c2)C1=O. The van der Waals surface area contributed by atoms with Crippen LogP contribution < -0.4 is 15.0 Å². The molecular formula is C20H21F2N3O3. The third-order valence-electron chi connectivity index (χ3n) is 4.55. The van der Waals surface area contributed by atoms with Crippen LogP contribution in [0.25, 0.3) is 0 Å². The summed E-state index contributed by atoms with van der Waals surface area (Å²) >= 11 is 0. The Bertz CT molecular complexity index is 876. The van der Waals surface area contributed by atoms with Gasteiger partial charge in [0.05, 0.1) is 7.11 Å². The minimum atomic E-state index is -1.02. The zero-order valence-corrected chi connectivity index (χ0v) is 15.5. The lowest BCUT2D eigenvalue weighted by molar-refractivity contribution is -0.121. The lowest BCUT2D eigenvalue weighted by Gasteiger charge is -2.18. The third-order valence-corrected chi connectivity index (χ3v) is 4.55. The molecule has 3 amide bonds. The maximum Gasteiger partial charge on any atom is 0.325 e. The largest absolute Gasteiger partial charge is 0.496 e. The summed E-state index contributed by atoms with van der Waals surface area (Å²) in [6.45, 7) is 0.954. The molecule has 148 valence electrons. The molecule has 1 saturated heterocycles. The van der Waals surface area contributed by atoms with Crippen LogP contribution in [0.3, 0.4) is 0 Å². The highest BCUT2D eigenvalue weighted by atomic mass is 19.2. The zero-order chi connectivity index (χ0) is 20.1. The number of nitrogens with zero attached hydrogens (tertiary/aromatic N) is 2. The highest BCUT2D eigenvalue weighted by molar-refractivity contribution is 5.96. The number of urea groups is 1. The fourth-order valence-electron chi connectivity index (χ4n) is 3.10. The molecule has 0 atom stereocenters. The Morgan fingerprint density at radius 1 is 1.14 bits per heavy atom. The van der Waals surface area contributed by atoms with Crippen molar-refractivity contribution in [2.24, 2.45) is 0 Å². The first-order valence-electron chi connectivity index (χ1n) is 8.89. The van der Waals surface area contributed by atoms with Crippen LogP contribution in [0.15, 0.2) is 42.5 Å². The molecule has 1 N–H and O–H groups in total. The first kappa shape index (κ1) is 19.6. The Kier molecular flexibility index (Phi) is 6.08. The van der Waals surface area contributed by atoms with Gasteiger partial charge in [-0.05, 0) is 30.2 Å². The highest BCUT2D eigenvalue weighted by Crippen LogP contribution is 2.22. The van der Waals surface area contributed by atoms with Crippen LogP contribution in [0.2, 0.25) is 0 Å². The maximum atomic E-state index is 13.4. The minimum absolute atomic E-state index is 0.0923. The molecule has 8 heteroatoms. The average Bonchev–Trinajstić information content (AvgIpc) is 3.04. The van der Waals surface area contributed by atoms with E-state index in [1.807, 2.05) is 24.3 Å². The van der Waals surface area contributed by atoms with Crippen molar-refractivity contribution >= 4 is 17.6 Å². The van der Waals surface area contributed by atoms with Crippen LogP contribution in [0, 0.1) is 11.6 Å². The number of amides is 3. The van der Waals surface area contributed by atoms with Gasteiger partial charge in [-0.3, -0.25) is 9.69 Å². The Morgan fingerprint density at radius 3 is 2.68 bits per heavy atom. The van der Waals surface area contributed by atoms with Gasteiger partial charge in [0.1, 0.15) is 12.3 Å². The number of ether oxygens (including phenoxy) is 1. The van der Waals surface area contributed by atoms with E-state index in [0.29, 0.717) is 26.1 Å². The van der Waals surface area contributed by atoms with Gasteiger partial charge in [0, 0.05) is 31.4 Å². The van der Waals surface area contributed by atoms with Gasteiger partial charge in [0.15, 0.2) is 11.6 Å². The standard InChI is InChI=1S/C20H21F2N3O3/c1-28-18-5-3-2-4-14(18)8-9-23-19(26)13-24-10-11-25(20(24)27)15-6-7-16(21)17(22)12-15/h2-7,12H,8-11,13H2,1H3,(H,23,26). The summed E-state index contributed by atoms with van der Waals surface area (Å²) in [5, 5.41) is 2.78. The topological polar surface area (TPSA) is 61.9 Å². The van der Waals surface area contributed by atoms with E-state index in [2.05, 4.69) is 5.32 Å². The van der Waals surface area contributed by atoms with Crippen molar-refractivity contribution in [3.8, 4) is 5.75 Å². The van der Waals surface area contributed by atoms with Gasteiger partial charge < -0.3 is 15.0 Å². The van der Waals surface area contributed by atoms with Crippen LogP contribution in [-0.4, -0.2) is 50.1 Å². The number of para-hydroxylation sites is 1. The molecule has 1 aliphatic rings. The fraction of sp³-hybridized carbons (Fsp3) is 0.300. The lowest BCUT2D eigenvalue weighted by atomic mass is 10.1. The number of methoxy groups -OCH3 is 1. The number of carbonyl (C=O) groups excluding carboxylic acids is 2. The minimum Gasteiger partial charge on any atom is -0.496 e. The van der Waals surface area contributed by atoms with Crippen LogP contribution in [0.5, 0.6) is 5.75 Å². The molecule has 2 aromatic carbocycles. The molecule has 1 heterocycles. The summed E-state index contributed by atoms with van der Waals surface area (Å²) in [7, 11) is 1.59. The normalized spacial score (nSPS) is 13.8. The summed E-state index contributed by atoms with van der Waals surface area (Å²) in [4.78, 5) is 27.3. The van der Waals surface area contributed by atoms with E-state index in [1.54, 1.807) is 7.11 Å². The Hall–Kier alpha value is -3.16. The summed E-state index contributed by atoms with van der Waals surface area (Å²) in [6.07, 6.45) is 0.602. The molecule has 1 fully saturated rings. The Labute approximate surface area is 161 Å². The van der Waals surface area contributed by atoms with Gasteiger partial charge in [-0.15, -0.1) is 0 Å². The van der Waals surface area contributed by atoms with Crippen molar-refractivity contribution in [1.82, 2.24) is 10.2 Å². The van der Waals surface area contributed by atoms with Crippen LogP contribution >= 0.6 is 0 Å². The Balaban J connectivity index is 1.50. The average molecular weight is 389 g/mol. The van der Waals surface area contributed by atoms with Gasteiger partial charge in [0.2, 0.25) is 5.91 Å². The molecule has 3 rings (SSSR count). The second kappa shape index (κ2) is 8.69. The van der Waals surface area contributed by atoms with Crippen LogP contribution in [0.4, 0.5) is 19.3 Å². The van der Waals surface area contributed by atoms with Crippen molar-refractivity contribution in [3.63, 3.8) is 0 Å². The lowest BCUT2D eigenvalue weighted by Crippen LogP contribution is -2.40. The number of hydrogen-bond donors (Lipinski definition) is 1. The first-order valence-corrected chi connectivity index (χ1v) is 8.89. The zero-order valence-electron chi connectivity index (χ0n) is 15.5. The van der Waals surface area contributed by atoms with Crippen LogP contribution in [0.1, 0.15) is 5.56 Å².